The van der Waals surface area contributed by atoms with Gasteiger partial charge in [0.1, 0.15) is 0 Å². The van der Waals surface area contributed by atoms with E-state index in [0.29, 0.717) is 0 Å². The zero-order chi connectivity index (χ0) is 0. The van der Waals surface area contributed by atoms with Gasteiger partial charge in [0.2, 0.25) is 0 Å². The molecule has 0 aliphatic heterocycles. The second-order valence-corrected chi connectivity index (χ2v) is 0. The molecule has 1 atom stereocenters. The lowest BCUT2D eigenvalue weighted by molar-refractivity contribution is 5.75. The van der Waals surface area contributed by atoms with Crippen LogP contribution in [0.4, 0.5) is 0 Å². The number of hydrogen-bond acceptors (Lipinski definition) is 0. The molecule has 4 heavy (non-hydrogen) atoms. The molecule has 0 fully saturated rings. The molecule has 4 heteroatoms. The smallest absolute Gasteiger partial charge is 0.153 e. The molecule has 0 spiro atoms. The number of rotatable bonds is 0. The summed E-state index contributed by atoms with van der Waals surface area (Å²) in [5.41, 5.74) is 0. The predicted molar refractivity (Wildman–Crippen MR) is 38.1 cm³/mol. The van der Waals surface area contributed by atoms with Crippen LogP contribution < -0.4 is 0 Å². The van der Waals surface area contributed by atoms with E-state index < -0.39 is 0 Å². The van der Waals surface area contributed by atoms with E-state index in [2.05, 4.69) is 0 Å². The molecule has 0 N–H and O–H groups in total. The minimum Gasteiger partial charge on any atom is -0.153 e. The molecule has 0 aromatic rings. The highest BCUT2D eigenvalue weighted by atomic mass is 31.0. The van der Waals surface area contributed by atoms with Crippen molar-refractivity contribution in [3.05, 3.63) is 0 Å². The lowest BCUT2D eigenvalue weighted by Crippen LogP contribution is -0.382. The predicted octanol–water partition coefficient (Wildman–Crippen LogP) is -2.96. The summed E-state index contributed by atoms with van der Waals surface area (Å²) < 4.78 is 0. The highest BCUT2D eigenvalue weighted by molar-refractivity contribution is 6.92. The standard InChI is InChI=1S/2Al.H3P.H3Si.4H/h;;2*1H3;;;;. The molecule has 0 nitrogen and oxygen atoms in total. The Morgan fingerprint density at radius 3 is 1.00 bits per heavy atom. The minimum absolute atomic E-state index is 0. The van der Waals surface area contributed by atoms with Crippen LogP contribution in [0.1, 0.15) is 0 Å². The molecule has 0 heterocycles. The van der Waals surface area contributed by atoms with Gasteiger partial charge in [-0.15, -0.1) is 0 Å². The lowest BCUT2D eigenvalue weighted by Gasteiger charge is -0.153. The van der Waals surface area contributed by atoms with Crippen LogP contribution in [0.3, 0.4) is 0 Å². The van der Waals surface area contributed by atoms with E-state index in [0.717, 1.165) is 0 Å². The Morgan fingerprint density at radius 1 is 1.00 bits per heavy atom. The molecule has 25 valence electrons. The van der Waals surface area contributed by atoms with Gasteiger partial charge in [0.25, 0.3) is 0 Å². The summed E-state index contributed by atoms with van der Waals surface area (Å²) in [6.45, 7) is 0. The van der Waals surface area contributed by atoms with Gasteiger partial charge in [0.15, 0.2) is 17.4 Å². The summed E-state index contributed by atoms with van der Waals surface area (Å²) in [7, 11) is 0. The fourth-order valence-electron chi connectivity index (χ4n) is 0. The zero-order valence-electron chi connectivity index (χ0n) is 2.41. The Hall–Kier alpha value is 1.71. The molecule has 0 bridgehead atoms. The third-order valence-electron chi connectivity index (χ3n) is 0. The topological polar surface area (TPSA) is 0 Å². The van der Waals surface area contributed by atoms with Crippen molar-refractivity contribution in [1.29, 1.82) is 0 Å². The number of hydrogen-bond donors (Lipinski definition) is 0. The van der Waals surface area contributed by atoms with Gasteiger partial charge < -0.3 is 0 Å². The molecule has 0 amide bonds. The Balaban J connectivity index is 0. The SMILES string of the molecule is P.[AlH3].[AlH].[SiH3]. The highest BCUT2D eigenvalue weighted by Gasteiger charge is 0.187. The third kappa shape index (κ3) is 9.32. The third-order valence-corrected chi connectivity index (χ3v) is 0. The first kappa shape index (κ1) is 43.3. The Bertz CT molecular complexity index is 6.00. The Labute approximate surface area is 55.6 Å². The summed E-state index contributed by atoms with van der Waals surface area (Å²) in [6.07, 6.45) is 0. The van der Waals surface area contributed by atoms with Crippen molar-refractivity contribution in [2.75, 3.05) is 0 Å². The van der Waals surface area contributed by atoms with Crippen molar-refractivity contribution in [3.63, 3.8) is 0 Å². The normalized spacial score (nSPS) is 0. The largest absolute Gasteiger partial charge is 0.187 e. The molecular weight excluding hydrogens is 113 g/mol. The molecule has 3 radical (unpaired) electrons. The molecular formula is H10Al2PSi. The van der Waals surface area contributed by atoms with Gasteiger partial charge in [-0.25, -0.2) is 0 Å². The molecule has 0 saturated heterocycles. The molecule has 0 aromatic carbocycles. The van der Waals surface area contributed by atoms with Crippen LogP contribution >= 0.6 is 9.90 Å². The van der Waals surface area contributed by atoms with E-state index in [1.165, 1.54) is 0 Å². The van der Waals surface area contributed by atoms with Crippen molar-refractivity contribution < 1.29 is 0 Å². The Morgan fingerprint density at radius 2 is 1.00 bits per heavy atom. The summed E-state index contributed by atoms with van der Waals surface area (Å²) in [5, 5.41) is 0. The quantitative estimate of drug-likeness (QED) is 0.238. The summed E-state index contributed by atoms with van der Waals surface area (Å²) in [5.74, 6) is 0. The van der Waals surface area contributed by atoms with Crippen molar-refractivity contribution in [2.24, 2.45) is 0 Å². The fraction of sp³-hybridized carbons (Fsp3) is 0. The van der Waals surface area contributed by atoms with E-state index >= 15 is 0 Å². The second kappa shape index (κ2) is 22.2. The highest BCUT2D eigenvalue weighted by Crippen LogP contribution is 0.861. The van der Waals surface area contributed by atoms with E-state index in [9.17, 15) is 0 Å². The molecule has 1 unspecified atom stereocenters. The second-order valence-electron chi connectivity index (χ2n) is 0. The minimum atomic E-state index is 0. The van der Waals surface area contributed by atoms with Crippen LogP contribution in [0.25, 0.3) is 0 Å². The maximum absolute atomic E-state index is 0. The van der Waals surface area contributed by atoms with E-state index in [1.54, 1.807) is 0 Å². The van der Waals surface area contributed by atoms with Gasteiger partial charge in [-0.1, -0.05) is 0 Å². The first-order chi connectivity index (χ1) is 0. The van der Waals surface area contributed by atoms with Crippen molar-refractivity contribution in [1.82, 2.24) is 0 Å². The first-order valence-corrected chi connectivity index (χ1v) is 0. The van der Waals surface area contributed by atoms with Gasteiger partial charge in [-0.05, 0) is 11.0 Å². The molecule has 0 aliphatic rings. The summed E-state index contributed by atoms with van der Waals surface area (Å²) in [6, 6.07) is 0. The summed E-state index contributed by atoms with van der Waals surface area (Å²) in [4.78, 5) is 0. The average molecular weight is 123 g/mol. The summed E-state index contributed by atoms with van der Waals surface area (Å²) >= 11 is 0. The van der Waals surface area contributed by atoms with Crippen LogP contribution in [0.15, 0.2) is 0 Å². The van der Waals surface area contributed by atoms with Crippen LogP contribution in [0.2, 0.25) is 0 Å². The van der Waals surface area contributed by atoms with Crippen LogP contribution in [-0.2, 0) is 0 Å². The molecule has 0 saturated carbocycles. The van der Waals surface area contributed by atoms with Gasteiger partial charge in [0.05, 0.1) is 17.4 Å². The van der Waals surface area contributed by atoms with Gasteiger partial charge >= 0.3 is 0 Å². The maximum Gasteiger partial charge on any atom is 0.187 e. The fourth-order valence-corrected chi connectivity index (χ4v) is 0. The van der Waals surface area contributed by atoms with E-state index in [-0.39, 0.29) is 55.6 Å². The van der Waals surface area contributed by atoms with E-state index in [4.69, 9.17) is 0 Å². The molecule has 0 aromatic heterocycles. The van der Waals surface area contributed by atoms with Crippen molar-refractivity contribution >= 4 is 55.6 Å². The maximum atomic E-state index is 0. The van der Waals surface area contributed by atoms with Gasteiger partial charge in [0, 0.05) is 0 Å². The molecule has 0 rings (SSSR count). The van der Waals surface area contributed by atoms with Crippen LogP contribution in [0, 0.1) is 0 Å². The van der Waals surface area contributed by atoms with Crippen molar-refractivity contribution in [2.45, 2.75) is 0 Å². The Kier molecular flexibility index (Phi) is 240. The van der Waals surface area contributed by atoms with Gasteiger partial charge in [-0.2, -0.15) is 9.90 Å². The molecule has 0 aliphatic carbocycles. The lowest BCUT2D eigenvalue weighted by atomic mass is 27.0. The van der Waals surface area contributed by atoms with E-state index in [1.807, 2.05) is 0 Å². The zero-order valence-corrected chi connectivity index (χ0v) is 7.24. The van der Waals surface area contributed by atoms with Crippen molar-refractivity contribution in [3.8, 4) is 0 Å². The van der Waals surface area contributed by atoms with Gasteiger partial charge in [-0.3, -0.25) is 0 Å². The van der Waals surface area contributed by atoms with Crippen LogP contribution in [0.5, 0.6) is 0 Å². The van der Waals surface area contributed by atoms with Crippen LogP contribution in [-0.4, -0.2) is 45.7 Å². The monoisotopic (exact) mass is 123 g/mol. The average Bonchev–Trinajstić information content (AvgIpc) is 0. The first-order valence-electron chi connectivity index (χ1n) is 0.